The molecule has 0 aromatic heterocycles. The second-order valence-electron chi connectivity index (χ2n) is 11.3. The number of rotatable bonds is 14. The molecule has 0 heterocycles. The first-order chi connectivity index (χ1) is 14.8. The van der Waals surface area contributed by atoms with Crippen LogP contribution in [0.2, 0.25) is 0 Å². The Kier molecular flexibility index (Phi) is 11.9. The molecular weight excluding hydrogens is 384 g/mol. The Morgan fingerprint density at radius 3 is 2.39 bits per heavy atom. The van der Waals surface area contributed by atoms with Crippen molar-refractivity contribution in [2.75, 3.05) is 6.54 Å². The van der Waals surface area contributed by atoms with Gasteiger partial charge in [0.1, 0.15) is 0 Å². The van der Waals surface area contributed by atoms with E-state index in [-0.39, 0.29) is 29.2 Å². The van der Waals surface area contributed by atoms with Gasteiger partial charge in [0.05, 0.1) is 6.10 Å². The molecule has 2 fully saturated rings. The van der Waals surface area contributed by atoms with E-state index >= 15 is 0 Å². The van der Waals surface area contributed by atoms with Gasteiger partial charge in [0.25, 0.3) is 0 Å². The van der Waals surface area contributed by atoms with Crippen LogP contribution in [0.1, 0.15) is 124 Å². The fraction of sp³-hybridized carbons (Fsp3) is 0.963. The number of amides is 1. The molecule has 4 heteroatoms. The van der Waals surface area contributed by atoms with Crippen LogP contribution in [0.15, 0.2) is 0 Å². The van der Waals surface area contributed by atoms with Gasteiger partial charge in [-0.1, -0.05) is 85.0 Å². The highest BCUT2D eigenvalue weighted by molar-refractivity contribution is 5.78. The maximum atomic E-state index is 12.8. The van der Waals surface area contributed by atoms with Crippen molar-refractivity contribution in [1.29, 1.82) is 0 Å². The third-order valence-electron chi connectivity index (χ3n) is 8.19. The van der Waals surface area contributed by atoms with E-state index in [4.69, 9.17) is 5.73 Å². The number of aliphatic hydroxyl groups is 1. The molecule has 2 saturated carbocycles. The van der Waals surface area contributed by atoms with Crippen molar-refractivity contribution >= 4 is 5.91 Å². The number of hydrogen-bond donors (Lipinski definition) is 3. The van der Waals surface area contributed by atoms with Crippen LogP contribution in [0.5, 0.6) is 0 Å². The first-order valence-corrected chi connectivity index (χ1v) is 13.6. The van der Waals surface area contributed by atoms with E-state index in [1.807, 2.05) is 0 Å². The molecule has 3 unspecified atom stereocenters. The number of aliphatic hydroxyl groups excluding tert-OH is 1. The molecule has 3 atom stereocenters. The van der Waals surface area contributed by atoms with E-state index in [1.54, 1.807) is 0 Å². The Hall–Kier alpha value is -0.610. The van der Waals surface area contributed by atoms with Crippen molar-refractivity contribution in [2.24, 2.45) is 29.4 Å². The van der Waals surface area contributed by atoms with Crippen molar-refractivity contribution in [3.63, 3.8) is 0 Å². The van der Waals surface area contributed by atoms with Gasteiger partial charge in [0.2, 0.25) is 5.91 Å². The second-order valence-corrected chi connectivity index (χ2v) is 11.3. The highest BCUT2D eigenvalue weighted by Crippen LogP contribution is 2.37. The molecule has 2 aliphatic rings. The molecule has 0 radical (unpaired) electrons. The summed E-state index contributed by atoms with van der Waals surface area (Å²) in [5, 5.41) is 14.5. The molecule has 0 saturated heterocycles. The van der Waals surface area contributed by atoms with Gasteiger partial charge in [-0.3, -0.25) is 4.79 Å². The smallest absolute Gasteiger partial charge is 0.223 e. The average Bonchev–Trinajstić information content (AvgIpc) is 3.25. The molecular formula is C27H52N2O2. The summed E-state index contributed by atoms with van der Waals surface area (Å²) in [7, 11) is 0. The number of carbonyl (C=O) groups is 1. The van der Waals surface area contributed by atoms with Crippen molar-refractivity contribution in [3.8, 4) is 0 Å². The molecule has 1 amide bonds. The predicted octanol–water partition coefficient (Wildman–Crippen LogP) is 5.95. The number of nitrogens with two attached hydrogens (primary N) is 1. The Balaban J connectivity index is 1.97. The fourth-order valence-electron chi connectivity index (χ4n) is 6.03. The third kappa shape index (κ3) is 9.42. The van der Waals surface area contributed by atoms with Crippen LogP contribution in [-0.4, -0.2) is 29.2 Å². The lowest BCUT2D eigenvalue weighted by atomic mass is 9.72. The lowest BCUT2D eigenvalue weighted by Crippen LogP contribution is -2.46. The summed E-state index contributed by atoms with van der Waals surface area (Å²) in [5.74, 6) is 1.34. The lowest BCUT2D eigenvalue weighted by molar-refractivity contribution is -0.128. The van der Waals surface area contributed by atoms with Crippen LogP contribution in [0.25, 0.3) is 0 Å². The van der Waals surface area contributed by atoms with E-state index < -0.39 is 6.10 Å². The molecule has 0 spiro atoms. The minimum absolute atomic E-state index is 0.117. The highest BCUT2D eigenvalue weighted by atomic mass is 16.3. The van der Waals surface area contributed by atoms with Gasteiger partial charge >= 0.3 is 0 Å². The standard InChI is InChI=1S/C27H52N2O2/c1-4-5-18-29-26(31)24(21(2)3)19-25(30)23(15-11-14-22-12-7-8-13-22)20-27(28)16-9-6-10-17-27/h21-25,30H,4-20,28H2,1-3H3,(H,29,31). The molecule has 0 aromatic rings. The summed E-state index contributed by atoms with van der Waals surface area (Å²) in [6.07, 6.45) is 18.2. The zero-order valence-corrected chi connectivity index (χ0v) is 20.8. The molecule has 182 valence electrons. The molecule has 0 aliphatic heterocycles. The molecule has 31 heavy (non-hydrogen) atoms. The normalized spacial score (nSPS) is 22.4. The highest BCUT2D eigenvalue weighted by Gasteiger charge is 2.35. The predicted molar refractivity (Wildman–Crippen MR) is 131 cm³/mol. The third-order valence-corrected chi connectivity index (χ3v) is 8.19. The van der Waals surface area contributed by atoms with E-state index in [0.29, 0.717) is 6.42 Å². The van der Waals surface area contributed by atoms with Gasteiger partial charge in [-0.25, -0.2) is 0 Å². The first-order valence-electron chi connectivity index (χ1n) is 13.6. The Morgan fingerprint density at radius 1 is 1.10 bits per heavy atom. The minimum atomic E-state index is -0.435. The summed E-state index contributed by atoms with van der Waals surface area (Å²) < 4.78 is 0. The Labute approximate surface area is 192 Å². The van der Waals surface area contributed by atoms with Gasteiger partial charge in [0.15, 0.2) is 0 Å². The van der Waals surface area contributed by atoms with Crippen molar-refractivity contribution in [2.45, 2.75) is 135 Å². The van der Waals surface area contributed by atoms with Crippen LogP contribution < -0.4 is 11.1 Å². The van der Waals surface area contributed by atoms with Crippen LogP contribution in [0.4, 0.5) is 0 Å². The molecule has 2 aliphatic carbocycles. The number of carbonyl (C=O) groups excluding carboxylic acids is 1. The van der Waals surface area contributed by atoms with Crippen molar-refractivity contribution in [3.05, 3.63) is 0 Å². The summed E-state index contributed by atoms with van der Waals surface area (Å²) in [6.45, 7) is 7.10. The number of unbranched alkanes of at least 4 members (excludes halogenated alkanes) is 1. The summed E-state index contributed by atoms with van der Waals surface area (Å²) in [5.41, 5.74) is 6.72. The second kappa shape index (κ2) is 13.8. The molecule has 0 bridgehead atoms. The van der Waals surface area contributed by atoms with Gasteiger partial charge in [-0.05, 0) is 56.3 Å². The largest absolute Gasteiger partial charge is 0.393 e. The van der Waals surface area contributed by atoms with Crippen LogP contribution >= 0.6 is 0 Å². The average molecular weight is 437 g/mol. The SMILES string of the molecule is CCCCNC(=O)C(CC(O)C(CCCC1CCCC1)CC1(N)CCCCC1)C(C)C. The van der Waals surface area contributed by atoms with Crippen LogP contribution in [0, 0.1) is 23.7 Å². The van der Waals surface area contributed by atoms with Gasteiger partial charge in [-0.2, -0.15) is 0 Å². The van der Waals surface area contributed by atoms with Crippen LogP contribution in [-0.2, 0) is 4.79 Å². The molecule has 4 N–H and O–H groups in total. The summed E-state index contributed by atoms with van der Waals surface area (Å²) in [6, 6.07) is 0. The van der Waals surface area contributed by atoms with Crippen molar-refractivity contribution < 1.29 is 9.90 Å². The lowest BCUT2D eigenvalue weighted by Gasteiger charge is -2.39. The Morgan fingerprint density at radius 2 is 1.77 bits per heavy atom. The zero-order chi connectivity index (χ0) is 22.7. The van der Waals surface area contributed by atoms with E-state index in [1.165, 1.54) is 57.8 Å². The van der Waals surface area contributed by atoms with E-state index in [9.17, 15) is 9.90 Å². The van der Waals surface area contributed by atoms with Gasteiger partial charge in [-0.15, -0.1) is 0 Å². The van der Waals surface area contributed by atoms with Gasteiger partial charge in [0, 0.05) is 18.0 Å². The first kappa shape index (κ1) is 26.6. The fourth-order valence-corrected chi connectivity index (χ4v) is 6.03. The molecule has 0 aromatic carbocycles. The maximum absolute atomic E-state index is 12.8. The summed E-state index contributed by atoms with van der Waals surface area (Å²) >= 11 is 0. The van der Waals surface area contributed by atoms with E-state index in [0.717, 1.165) is 51.0 Å². The van der Waals surface area contributed by atoms with E-state index in [2.05, 4.69) is 26.1 Å². The number of nitrogens with one attached hydrogen (secondary N) is 1. The summed E-state index contributed by atoms with van der Waals surface area (Å²) in [4.78, 5) is 12.8. The van der Waals surface area contributed by atoms with Gasteiger partial charge < -0.3 is 16.2 Å². The maximum Gasteiger partial charge on any atom is 0.223 e. The topological polar surface area (TPSA) is 75.3 Å². The van der Waals surface area contributed by atoms with Crippen molar-refractivity contribution in [1.82, 2.24) is 5.32 Å². The monoisotopic (exact) mass is 436 g/mol. The Bertz CT molecular complexity index is 495. The van der Waals surface area contributed by atoms with Crippen LogP contribution in [0.3, 0.4) is 0 Å². The zero-order valence-electron chi connectivity index (χ0n) is 20.8. The molecule has 4 nitrogen and oxygen atoms in total. The quantitative estimate of drug-likeness (QED) is 0.294. The molecule has 2 rings (SSSR count). The minimum Gasteiger partial charge on any atom is -0.393 e. The number of hydrogen-bond acceptors (Lipinski definition) is 3.